The number of nitrogens with two attached hydrogens (primary N) is 1. The topological polar surface area (TPSA) is 91.4 Å². The summed E-state index contributed by atoms with van der Waals surface area (Å²) in [5.41, 5.74) is 1.04. The van der Waals surface area contributed by atoms with Crippen molar-refractivity contribution in [2.75, 3.05) is 12.4 Å². The molecular formula is C15H17ClN2O4S. The van der Waals surface area contributed by atoms with Gasteiger partial charge in [0.2, 0.25) is 15.8 Å². The number of sulfonamides is 1. The highest BCUT2D eigenvalue weighted by molar-refractivity contribution is 7.89. The van der Waals surface area contributed by atoms with Gasteiger partial charge in [0.1, 0.15) is 6.10 Å². The number of carbonyl (C=O) groups excluding carboxylic acids is 1. The number of ether oxygens (including phenoxy) is 1. The van der Waals surface area contributed by atoms with Gasteiger partial charge in [-0.05, 0) is 43.3 Å². The summed E-state index contributed by atoms with van der Waals surface area (Å²) in [5.74, 6) is -1.01. The summed E-state index contributed by atoms with van der Waals surface area (Å²) in [6, 6.07) is 10.2. The minimum atomic E-state index is -3.84. The number of nitrogens with zero attached hydrogens (tertiary/aromatic N) is 1. The standard InChI is InChI=1S/C15H17ClN2O4S/c1-2-22-14(10-23(17,20)21)15(19)13-4-3-9-18(13)12-7-5-11(16)6-8-12/h3-9,14H,2,10H2,1H3,(H2,17,20,21). The molecule has 8 heteroatoms. The summed E-state index contributed by atoms with van der Waals surface area (Å²) in [7, 11) is -3.84. The number of hydrogen-bond donors (Lipinski definition) is 1. The monoisotopic (exact) mass is 356 g/mol. The number of carbonyl (C=O) groups is 1. The number of primary sulfonamides is 1. The fourth-order valence-electron chi connectivity index (χ4n) is 2.19. The first-order valence-electron chi connectivity index (χ1n) is 6.91. The van der Waals surface area contributed by atoms with Gasteiger partial charge in [-0.3, -0.25) is 4.79 Å². The minimum absolute atomic E-state index is 0.202. The normalized spacial score (nSPS) is 13.0. The molecule has 0 aliphatic rings. The Morgan fingerprint density at radius 3 is 2.52 bits per heavy atom. The van der Waals surface area contributed by atoms with Crippen LogP contribution in [0.2, 0.25) is 5.02 Å². The smallest absolute Gasteiger partial charge is 0.212 e. The van der Waals surface area contributed by atoms with E-state index in [1.54, 1.807) is 54.1 Å². The van der Waals surface area contributed by atoms with Gasteiger partial charge in [0.15, 0.2) is 0 Å². The van der Waals surface area contributed by atoms with E-state index in [1.165, 1.54) is 0 Å². The molecule has 1 heterocycles. The molecule has 1 aromatic heterocycles. The third-order valence-corrected chi connectivity index (χ3v) is 4.17. The van der Waals surface area contributed by atoms with Gasteiger partial charge in [-0.2, -0.15) is 0 Å². The molecule has 1 unspecified atom stereocenters. The van der Waals surface area contributed by atoms with E-state index < -0.39 is 27.7 Å². The summed E-state index contributed by atoms with van der Waals surface area (Å²) < 4.78 is 29.5. The molecule has 2 aromatic rings. The Labute approximate surface area is 139 Å². The molecule has 0 spiro atoms. The molecule has 0 saturated carbocycles. The van der Waals surface area contributed by atoms with E-state index >= 15 is 0 Å². The highest BCUT2D eigenvalue weighted by atomic mass is 35.5. The highest BCUT2D eigenvalue weighted by Crippen LogP contribution is 2.18. The van der Waals surface area contributed by atoms with Crippen LogP contribution in [-0.4, -0.2) is 37.2 Å². The van der Waals surface area contributed by atoms with E-state index in [2.05, 4.69) is 0 Å². The Balaban J connectivity index is 2.35. The van der Waals surface area contributed by atoms with Crippen molar-refractivity contribution in [3.63, 3.8) is 0 Å². The van der Waals surface area contributed by atoms with Crippen LogP contribution in [0.15, 0.2) is 42.6 Å². The maximum Gasteiger partial charge on any atom is 0.212 e. The van der Waals surface area contributed by atoms with E-state index in [9.17, 15) is 13.2 Å². The molecule has 1 atom stereocenters. The first kappa shape index (κ1) is 17.7. The second-order valence-electron chi connectivity index (χ2n) is 4.88. The van der Waals surface area contributed by atoms with Crippen LogP contribution in [0.25, 0.3) is 5.69 Å². The molecule has 0 aliphatic heterocycles. The van der Waals surface area contributed by atoms with Crippen molar-refractivity contribution >= 4 is 27.4 Å². The van der Waals surface area contributed by atoms with Crippen molar-refractivity contribution in [3.05, 3.63) is 53.3 Å². The first-order valence-corrected chi connectivity index (χ1v) is 9.00. The third-order valence-electron chi connectivity index (χ3n) is 3.15. The largest absolute Gasteiger partial charge is 0.369 e. The Bertz CT molecular complexity index is 784. The predicted molar refractivity (Wildman–Crippen MR) is 88.5 cm³/mol. The SMILES string of the molecule is CCOC(CS(N)(=O)=O)C(=O)c1cccn1-c1ccc(Cl)cc1. The second-order valence-corrected chi connectivity index (χ2v) is 6.97. The molecule has 0 fully saturated rings. The van der Waals surface area contributed by atoms with Crippen molar-refractivity contribution in [1.29, 1.82) is 0 Å². The summed E-state index contributed by atoms with van der Waals surface area (Å²) in [6.07, 6.45) is 0.562. The van der Waals surface area contributed by atoms with Crippen molar-refractivity contribution in [2.24, 2.45) is 5.14 Å². The zero-order valence-electron chi connectivity index (χ0n) is 12.5. The van der Waals surface area contributed by atoms with Crippen LogP contribution in [0.5, 0.6) is 0 Å². The lowest BCUT2D eigenvalue weighted by molar-refractivity contribution is 0.0523. The lowest BCUT2D eigenvalue weighted by Crippen LogP contribution is -2.36. The fraction of sp³-hybridized carbons (Fsp3) is 0.267. The van der Waals surface area contributed by atoms with Crippen molar-refractivity contribution in [2.45, 2.75) is 13.0 Å². The second kappa shape index (κ2) is 7.27. The molecule has 0 saturated heterocycles. The molecule has 2 N–H and O–H groups in total. The van der Waals surface area contributed by atoms with Gasteiger partial charge >= 0.3 is 0 Å². The van der Waals surface area contributed by atoms with Gasteiger partial charge < -0.3 is 9.30 Å². The van der Waals surface area contributed by atoms with Crippen LogP contribution < -0.4 is 5.14 Å². The number of ketones is 1. The summed E-state index contributed by atoms with van der Waals surface area (Å²) in [6.45, 7) is 1.88. The lowest BCUT2D eigenvalue weighted by atomic mass is 10.2. The van der Waals surface area contributed by atoms with E-state index in [0.717, 1.165) is 5.69 Å². The van der Waals surface area contributed by atoms with Crippen molar-refractivity contribution in [1.82, 2.24) is 4.57 Å². The quantitative estimate of drug-likeness (QED) is 0.768. The summed E-state index contributed by atoms with van der Waals surface area (Å²) >= 11 is 5.86. The number of rotatable bonds is 7. The summed E-state index contributed by atoms with van der Waals surface area (Å²) in [5, 5.41) is 5.62. The fourth-order valence-corrected chi connectivity index (χ4v) is 2.98. The Kier molecular flexibility index (Phi) is 5.59. The molecule has 0 radical (unpaired) electrons. The van der Waals surface area contributed by atoms with Gasteiger partial charge in [0.25, 0.3) is 0 Å². The van der Waals surface area contributed by atoms with Gasteiger partial charge in [-0.25, -0.2) is 13.6 Å². The highest BCUT2D eigenvalue weighted by Gasteiger charge is 2.27. The number of Topliss-reactive ketones (excluding diaryl/α,β-unsaturated/α-hetero) is 1. The third kappa shape index (κ3) is 4.65. The van der Waals surface area contributed by atoms with Crippen molar-refractivity contribution in [3.8, 4) is 5.69 Å². The van der Waals surface area contributed by atoms with Gasteiger partial charge in [0.05, 0.1) is 11.4 Å². The summed E-state index contributed by atoms with van der Waals surface area (Å²) in [4.78, 5) is 12.6. The van der Waals surface area contributed by atoms with Crippen LogP contribution in [-0.2, 0) is 14.8 Å². The van der Waals surface area contributed by atoms with Crippen LogP contribution >= 0.6 is 11.6 Å². The molecule has 0 aliphatic carbocycles. The Morgan fingerprint density at radius 1 is 1.30 bits per heavy atom. The van der Waals surface area contributed by atoms with E-state index in [0.29, 0.717) is 10.7 Å². The Morgan fingerprint density at radius 2 is 1.96 bits per heavy atom. The van der Waals surface area contributed by atoms with Crippen molar-refractivity contribution < 1.29 is 17.9 Å². The van der Waals surface area contributed by atoms with Gasteiger partial charge in [0, 0.05) is 23.5 Å². The number of hydrogen-bond acceptors (Lipinski definition) is 4. The lowest BCUT2D eigenvalue weighted by Gasteiger charge is -2.16. The van der Waals surface area contributed by atoms with Crippen LogP contribution in [0.3, 0.4) is 0 Å². The van der Waals surface area contributed by atoms with Gasteiger partial charge in [-0.15, -0.1) is 0 Å². The van der Waals surface area contributed by atoms with Crippen LogP contribution in [0.1, 0.15) is 17.4 Å². The first-order chi connectivity index (χ1) is 10.8. The molecule has 124 valence electrons. The molecule has 6 nitrogen and oxygen atoms in total. The molecule has 23 heavy (non-hydrogen) atoms. The number of aromatic nitrogens is 1. The molecule has 1 aromatic carbocycles. The molecule has 0 amide bonds. The molecule has 0 bridgehead atoms. The van der Waals surface area contributed by atoms with Crippen LogP contribution in [0, 0.1) is 0 Å². The number of halogens is 1. The number of benzene rings is 1. The van der Waals surface area contributed by atoms with Crippen LogP contribution in [0.4, 0.5) is 0 Å². The van der Waals surface area contributed by atoms with E-state index in [1.807, 2.05) is 0 Å². The molecular weight excluding hydrogens is 340 g/mol. The zero-order valence-corrected chi connectivity index (χ0v) is 14.0. The zero-order chi connectivity index (χ0) is 17.0. The minimum Gasteiger partial charge on any atom is -0.369 e. The average Bonchev–Trinajstić information content (AvgIpc) is 2.95. The van der Waals surface area contributed by atoms with E-state index in [4.69, 9.17) is 21.5 Å². The maximum atomic E-state index is 12.6. The average molecular weight is 357 g/mol. The molecule has 2 rings (SSSR count). The Hall–Kier alpha value is -1.67. The maximum absolute atomic E-state index is 12.6. The van der Waals surface area contributed by atoms with Gasteiger partial charge in [-0.1, -0.05) is 11.6 Å². The van der Waals surface area contributed by atoms with E-state index in [-0.39, 0.29) is 6.61 Å². The predicted octanol–water partition coefficient (Wildman–Crippen LogP) is 2.01.